The molecule has 2 aromatic heterocycles. The van der Waals surface area contributed by atoms with Gasteiger partial charge in [0.25, 0.3) is 0 Å². The van der Waals surface area contributed by atoms with E-state index >= 15 is 0 Å². The lowest BCUT2D eigenvalue weighted by molar-refractivity contribution is 0.519. The Kier molecular flexibility index (Phi) is 5.06. The molecular formula is C27H28N6. The van der Waals surface area contributed by atoms with Gasteiger partial charge in [0.2, 0.25) is 11.9 Å². The number of para-hydroxylation sites is 3. The number of rotatable bonds is 4. The first-order valence-corrected chi connectivity index (χ1v) is 11.8. The molecule has 2 N–H and O–H groups in total. The van der Waals surface area contributed by atoms with Crippen LogP contribution in [0.15, 0.2) is 66.8 Å². The normalized spacial score (nSPS) is 19.2. The lowest BCUT2D eigenvalue weighted by Gasteiger charge is -2.32. The minimum atomic E-state index is 0.346. The van der Waals surface area contributed by atoms with E-state index in [-0.39, 0.29) is 0 Å². The molecule has 0 spiro atoms. The third-order valence-electron chi connectivity index (χ3n) is 6.69. The molecule has 6 heteroatoms. The van der Waals surface area contributed by atoms with Gasteiger partial charge in [0.15, 0.2) is 0 Å². The fourth-order valence-electron chi connectivity index (χ4n) is 4.91. The topological polar surface area (TPSA) is 69.7 Å². The minimum absolute atomic E-state index is 0.346. The number of piperidine rings is 1. The van der Waals surface area contributed by atoms with Crippen LogP contribution in [-0.4, -0.2) is 39.1 Å². The van der Waals surface area contributed by atoms with Crippen LogP contribution >= 0.6 is 0 Å². The second-order valence-electron chi connectivity index (χ2n) is 9.15. The maximum atomic E-state index is 5.00. The summed E-state index contributed by atoms with van der Waals surface area (Å²) in [6, 6.07) is 16.9. The number of H-pyrrole nitrogens is 1. The van der Waals surface area contributed by atoms with Gasteiger partial charge in [0, 0.05) is 24.5 Å². The molecule has 6 nitrogen and oxygen atoms in total. The Morgan fingerprint density at radius 2 is 1.73 bits per heavy atom. The first-order valence-electron chi connectivity index (χ1n) is 11.8. The number of aromatic nitrogens is 4. The zero-order valence-electron chi connectivity index (χ0n) is 18.8. The summed E-state index contributed by atoms with van der Waals surface area (Å²) in [7, 11) is 0. The highest BCUT2D eigenvalue weighted by Crippen LogP contribution is 2.31. The molecule has 0 radical (unpaired) electrons. The van der Waals surface area contributed by atoms with Gasteiger partial charge in [-0.25, -0.2) is 15.0 Å². The summed E-state index contributed by atoms with van der Waals surface area (Å²) in [5.41, 5.74) is 5.44. The van der Waals surface area contributed by atoms with Gasteiger partial charge in [-0.05, 0) is 49.0 Å². The number of anilines is 2. The number of nitrogens with zero attached hydrogens (tertiary/aromatic N) is 4. The predicted octanol–water partition coefficient (Wildman–Crippen LogP) is 5.57. The maximum Gasteiger partial charge on any atom is 0.224 e. The Hall–Kier alpha value is -3.67. The Balaban J connectivity index is 1.21. The van der Waals surface area contributed by atoms with Gasteiger partial charge in [0.05, 0.1) is 22.2 Å². The van der Waals surface area contributed by atoms with Gasteiger partial charge in [-0.3, -0.25) is 0 Å². The van der Waals surface area contributed by atoms with Crippen molar-refractivity contribution in [2.24, 2.45) is 5.92 Å². The van der Waals surface area contributed by atoms with Gasteiger partial charge in [-0.1, -0.05) is 55.5 Å². The summed E-state index contributed by atoms with van der Waals surface area (Å²) in [5.74, 6) is 2.22. The van der Waals surface area contributed by atoms with Crippen LogP contribution in [0, 0.1) is 5.92 Å². The summed E-state index contributed by atoms with van der Waals surface area (Å²) in [4.78, 5) is 20.4. The fourth-order valence-corrected chi connectivity index (χ4v) is 4.91. The Bertz CT molecular complexity index is 1330. The molecule has 2 aromatic carbocycles. The quantitative estimate of drug-likeness (QED) is 0.438. The molecule has 0 saturated carbocycles. The van der Waals surface area contributed by atoms with E-state index in [1.54, 1.807) is 0 Å². The number of benzene rings is 2. The number of aromatic amines is 1. The third-order valence-corrected chi connectivity index (χ3v) is 6.69. The number of nitrogens with one attached hydrogen (secondary N) is 2. The summed E-state index contributed by atoms with van der Waals surface area (Å²) in [6.45, 7) is 4.15. The zero-order chi connectivity index (χ0) is 22.2. The minimum Gasteiger partial charge on any atom is -0.351 e. The standard InChI is InChI=1S/C27H28N6/c1-18-7-6-8-19(17-18)25-21-9-2-3-10-22(21)29-26(32-25)28-20-13-15-33(16-14-20)27-30-23-11-4-5-12-24(23)31-27/h2-12,18,20H,13-17H2,1H3,(H,30,31)(H,28,29,32)/t18-/m0/s1. The predicted molar refractivity (Wildman–Crippen MR) is 135 cm³/mol. The monoisotopic (exact) mass is 436 g/mol. The number of hydrogen-bond acceptors (Lipinski definition) is 5. The van der Waals surface area contributed by atoms with E-state index in [0.29, 0.717) is 12.0 Å². The lowest BCUT2D eigenvalue weighted by atomic mass is 9.92. The molecular weight excluding hydrogens is 408 g/mol. The van der Waals surface area contributed by atoms with E-state index in [1.165, 1.54) is 5.57 Å². The number of imidazole rings is 1. The summed E-state index contributed by atoms with van der Waals surface area (Å²) < 4.78 is 0. The number of fused-ring (bicyclic) bond motifs is 2. The van der Waals surface area contributed by atoms with Crippen LogP contribution in [0.5, 0.6) is 0 Å². The maximum absolute atomic E-state index is 5.00. The van der Waals surface area contributed by atoms with Crippen molar-refractivity contribution in [1.82, 2.24) is 19.9 Å². The van der Waals surface area contributed by atoms with Crippen molar-refractivity contribution in [3.63, 3.8) is 0 Å². The molecule has 3 heterocycles. The first kappa shape index (κ1) is 20.0. The van der Waals surface area contributed by atoms with Crippen LogP contribution in [0.3, 0.4) is 0 Å². The van der Waals surface area contributed by atoms with Gasteiger partial charge in [-0.15, -0.1) is 0 Å². The molecule has 6 rings (SSSR count). The van der Waals surface area contributed by atoms with Crippen molar-refractivity contribution in [3.8, 4) is 0 Å². The largest absolute Gasteiger partial charge is 0.351 e. The Labute approximate surface area is 193 Å². The van der Waals surface area contributed by atoms with Crippen molar-refractivity contribution in [1.29, 1.82) is 0 Å². The molecule has 1 aliphatic carbocycles. The van der Waals surface area contributed by atoms with Gasteiger partial charge < -0.3 is 15.2 Å². The summed E-state index contributed by atoms with van der Waals surface area (Å²) in [5, 5.41) is 4.76. The molecule has 1 saturated heterocycles. The summed E-state index contributed by atoms with van der Waals surface area (Å²) >= 11 is 0. The van der Waals surface area contributed by atoms with E-state index in [0.717, 1.165) is 71.9 Å². The van der Waals surface area contributed by atoms with Crippen molar-refractivity contribution >= 4 is 39.4 Å². The van der Waals surface area contributed by atoms with Crippen LogP contribution in [0.25, 0.3) is 27.5 Å². The molecule has 33 heavy (non-hydrogen) atoms. The highest BCUT2D eigenvalue weighted by Gasteiger charge is 2.23. The van der Waals surface area contributed by atoms with E-state index < -0.39 is 0 Å². The van der Waals surface area contributed by atoms with Crippen molar-refractivity contribution in [3.05, 3.63) is 72.5 Å². The molecule has 166 valence electrons. The zero-order valence-corrected chi connectivity index (χ0v) is 18.8. The number of allylic oxidation sites excluding steroid dienone is 4. The van der Waals surface area contributed by atoms with Crippen molar-refractivity contribution in [2.45, 2.75) is 32.2 Å². The Morgan fingerprint density at radius 1 is 0.939 bits per heavy atom. The van der Waals surface area contributed by atoms with Gasteiger partial charge in [0.1, 0.15) is 0 Å². The first-order chi connectivity index (χ1) is 16.2. The molecule has 0 unspecified atom stereocenters. The molecule has 1 atom stereocenters. The summed E-state index contributed by atoms with van der Waals surface area (Å²) in [6.07, 6.45) is 9.65. The van der Waals surface area contributed by atoms with Crippen LogP contribution in [0.1, 0.15) is 31.9 Å². The van der Waals surface area contributed by atoms with E-state index in [2.05, 4.69) is 70.7 Å². The van der Waals surface area contributed by atoms with Crippen LogP contribution in [-0.2, 0) is 0 Å². The van der Waals surface area contributed by atoms with E-state index in [9.17, 15) is 0 Å². The van der Waals surface area contributed by atoms with Crippen LogP contribution < -0.4 is 10.2 Å². The average molecular weight is 437 g/mol. The van der Waals surface area contributed by atoms with Gasteiger partial charge in [-0.2, -0.15) is 0 Å². The fraction of sp³-hybridized carbons (Fsp3) is 0.296. The van der Waals surface area contributed by atoms with E-state index in [1.807, 2.05) is 18.2 Å². The van der Waals surface area contributed by atoms with Crippen molar-refractivity contribution < 1.29 is 0 Å². The van der Waals surface area contributed by atoms with Crippen LogP contribution in [0.2, 0.25) is 0 Å². The van der Waals surface area contributed by atoms with Crippen molar-refractivity contribution in [2.75, 3.05) is 23.3 Å². The number of hydrogen-bond donors (Lipinski definition) is 2. The van der Waals surface area contributed by atoms with E-state index in [4.69, 9.17) is 15.0 Å². The molecule has 2 aliphatic rings. The molecule has 1 fully saturated rings. The highest BCUT2D eigenvalue weighted by molar-refractivity contribution is 5.91. The average Bonchev–Trinajstić information content (AvgIpc) is 3.28. The smallest absolute Gasteiger partial charge is 0.224 e. The SMILES string of the molecule is C[C@H]1C=CC=C(c2nc(NC3CCN(c4nc5ccccc5[nH]4)CC3)nc3ccccc23)C1. The highest BCUT2D eigenvalue weighted by atomic mass is 15.3. The molecule has 4 aromatic rings. The van der Waals surface area contributed by atoms with Gasteiger partial charge >= 0.3 is 0 Å². The molecule has 0 bridgehead atoms. The van der Waals surface area contributed by atoms with Crippen LogP contribution in [0.4, 0.5) is 11.9 Å². The lowest BCUT2D eigenvalue weighted by Crippen LogP contribution is -2.40. The molecule has 1 aliphatic heterocycles. The third kappa shape index (κ3) is 3.97. The second-order valence-corrected chi connectivity index (χ2v) is 9.15. The molecule has 0 amide bonds. The Morgan fingerprint density at radius 3 is 2.55 bits per heavy atom. The second kappa shape index (κ2) is 8.35.